The van der Waals surface area contributed by atoms with Crippen molar-refractivity contribution in [3.63, 3.8) is 0 Å². The van der Waals surface area contributed by atoms with Gasteiger partial charge in [0.1, 0.15) is 23.5 Å². The van der Waals surface area contributed by atoms with Crippen LogP contribution in [0.1, 0.15) is 77.7 Å². The predicted octanol–water partition coefficient (Wildman–Crippen LogP) is 7.56. The Morgan fingerprint density at radius 1 is 0.853 bits per heavy atom. The van der Waals surface area contributed by atoms with Gasteiger partial charge in [-0.2, -0.15) is 15.8 Å². The first kappa shape index (κ1) is 30.5. The van der Waals surface area contributed by atoms with Gasteiger partial charge in [-0.1, -0.05) is 64.5 Å². The van der Waals surface area contributed by atoms with E-state index >= 15 is 0 Å². The van der Waals surface area contributed by atoms with Gasteiger partial charge < -0.3 is 9.64 Å². The number of benzene rings is 1. The first-order valence-corrected chi connectivity index (χ1v) is 12.2. The van der Waals surface area contributed by atoms with Gasteiger partial charge in [0, 0.05) is 18.7 Å². The van der Waals surface area contributed by atoms with E-state index in [1.807, 2.05) is 54.8 Å². The van der Waals surface area contributed by atoms with E-state index in [1.54, 1.807) is 20.1 Å². The Hall–Kier alpha value is -3.49. The predicted molar refractivity (Wildman–Crippen MR) is 141 cm³/mol. The summed E-state index contributed by atoms with van der Waals surface area (Å²) in [6.07, 6.45) is 17.3. The van der Waals surface area contributed by atoms with Crippen molar-refractivity contribution in [1.82, 2.24) is 4.90 Å². The number of rotatable bonds is 14. The second-order valence-electron chi connectivity index (χ2n) is 8.02. The van der Waals surface area contributed by atoms with Gasteiger partial charge in [0.25, 0.3) is 0 Å². The summed E-state index contributed by atoms with van der Waals surface area (Å²) >= 11 is 0. The van der Waals surface area contributed by atoms with Gasteiger partial charge in [0.05, 0.1) is 13.2 Å². The van der Waals surface area contributed by atoms with Crippen LogP contribution in [-0.4, -0.2) is 25.1 Å². The third-order valence-corrected chi connectivity index (χ3v) is 5.07. The van der Waals surface area contributed by atoms with E-state index in [0.29, 0.717) is 5.57 Å². The number of allylic oxidation sites excluding steroid dienone is 4. The lowest BCUT2D eigenvalue weighted by molar-refractivity contribution is 0.351. The largest absolute Gasteiger partial charge is 0.497 e. The molecular weight excluding hydrogens is 420 g/mol. The number of unbranched alkanes of at least 4 members (excludes halogenated alkanes) is 6. The molecule has 0 saturated carbocycles. The summed E-state index contributed by atoms with van der Waals surface area (Å²) in [6, 6.07) is 13.4. The molecule has 34 heavy (non-hydrogen) atoms. The van der Waals surface area contributed by atoms with Crippen molar-refractivity contribution >= 4 is 6.08 Å². The molecule has 0 radical (unpaired) electrons. The van der Waals surface area contributed by atoms with Gasteiger partial charge in [-0.05, 0) is 61.9 Å². The van der Waals surface area contributed by atoms with Gasteiger partial charge >= 0.3 is 0 Å². The maximum atomic E-state index is 8.70. The lowest BCUT2D eigenvalue weighted by Crippen LogP contribution is -2.20. The molecule has 182 valence electrons. The van der Waals surface area contributed by atoms with Crippen molar-refractivity contribution < 1.29 is 4.74 Å². The molecule has 1 aromatic carbocycles. The van der Waals surface area contributed by atoms with E-state index in [1.165, 1.54) is 51.4 Å². The quantitative estimate of drug-likeness (QED) is 0.162. The molecular formula is C29H40N4O. The van der Waals surface area contributed by atoms with E-state index in [9.17, 15) is 0 Å². The maximum absolute atomic E-state index is 8.70. The van der Waals surface area contributed by atoms with Crippen LogP contribution < -0.4 is 4.74 Å². The zero-order valence-electron chi connectivity index (χ0n) is 21.4. The highest BCUT2D eigenvalue weighted by Crippen LogP contribution is 2.13. The number of hydrogen-bond acceptors (Lipinski definition) is 5. The second-order valence-corrected chi connectivity index (χ2v) is 8.02. The van der Waals surface area contributed by atoms with E-state index in [0.717, 1.165) is 24.4 Å². The number of hydrogen-bond donors (Lipinski definition) is 0. The number of ether oxygens (including phenoxy) is 1. The molecule has 5 heteroatoms. The van der Waals surface area contributed by atoms with Crippen LogP contribution in [0.15, 0.2) is 53.8 Å². The van der Waals surface area contributed by atoms with Gasteiger partial charge in [-0.15, -0.1) is 0 Å². The lowest BCUT2D eigenvalue weighted by Gasteiger charge is -2.20. The highest BCUT2D eigenvalue weighted by atomic mass is 16.5. The van der Waals surface area contributed by atoms with Gasteiger partial charge in [0.15, 0.2) is 0 Å². The Morgan fingerprint density at radius 2 is 1.41 bits per heavy atom. The van der Waals surface area contributed by atoms with E-state index in [2.05, 4.69) is 24.8 Å². The maximum Gasteiger partial charge on any atom is 0.129 e. The summed E-state index contributed by atoms with van der Waals surface area (Å²) in [5, 5.41) is 26.0. The minimum atomic E-state index is 0.156. The van der Waals surface area contributed by atoms with E-state index < -0.39 is 0 Å². The van der Waals surface area contributed by atoms with Gasteiger partial charge in [-0.25, -0.2) is 0 Å². The monoisotopic (exact) mass is 460 g/mol. The number of methoxy groups -OCH3 is 1. The standard InChI is InChI=1S/C18H29N3.C11H11NO/c1-3-5-7-9-13-21(14-10-8-6-4-2)15-11-12-18(16-19)17-20;1-9(8-12)7-10-3-5-11(13-2)6-4-10/h11-12,15H,3-10,13-14H2,1-2H3;3-7H,1-2H3/b15-11+;9-7+. The third kappa shape index (κ3) is 16.2. The average molecular weight is 461 g/mol. The second kappa shape index (κ2) is 21.4. The summed E-state index contributed by atoms with van der Waals surface area (Å²) in [4.78, 5) is 2.31. The molecule has 0 aliphatic carbocycles. The molecule has 0 amide bonds. The summed E-state index contributed by atoms with van der Waals surface area (Å²) < 4.78 is 5.01. The van der Waals surface area contributed by atoms with Crippen molar-refractivity contribution in [2.75, 3.05) is 20.2 Å². The smallest absolute Gasteiger partial charge is 0.129 e. The molecule has 0 fully saturated rings. The van der Waals surface area contributed by atoms with Gasteiger partial charge in [0.2, 0.25) is 0 Å². The molecule has 0 spiro atoms. The van der Waals surface area contributed by atoms with Crippen molar-refractivity contribution in [1.29, 1.82) is 15.8 Å². The van der Waals surface area contributed by atoms with Crippen LogP contribution in [0, 0.1) is 34.0 Å². The minimum Gasteiger partial charge on any atom is -0.497 e. The summed E-state index contributed by atoms with van der Waals surface area (Å²) in [7, 11) is 1.63. The Bertz CT molecular complexity index is 849. The molecule has 1 aromatic rings. The first-order valence-electron chi connectivity index (χ1n) is 12.2. The van der Waals surface area contributed by atoms with Crippen LogP contribution in [0.4, 0.5) is 0 Å². The van der Waals surface area contributed by atoms with E-state index in [-0.39, 0.29) is 5.57 Å². The highest BCUT2D eigenvalue weighted by Gasteiger charge is 1.99. The molecule has 0 saturated heterocycles. The first-order chi connectivity index (χ1) is 16.5. The van der Waals surface area contributed by atoms with Crippen LogP contribution in [0.25, 0.3) is 6.08 Å². The fourth-order valence-electron chi connectivity index (χ4n) is 3.09. The minimum absolute atomic E-state index is 0.156. The van der Waals surface area contributed by atoms with Crippen molar-refractivity contribution in [3.05, 3.63) is 59.3 Å². The summed E-state index contributed by atoms with van der Waals surface area (Å²) in [5.74, 6) is 0.826. The molecule has 0 aliphatic rings. The van der Waals surface area contributed by atoms with Crippen LogP contribution in [0.3, 0.4) is 0 Å². The van der Waals surface area contributed by atoms with Crippen LogP contribution in [-0.2, 0) is 0 Å². The summed E-state index contributed by atoms with van der Waals surface area (Å²) in [6.45, 7) is 8.34. The van der Waals surface area contributed by atoms with Crippen molar-refractivity contribution in [2.45, 2.75) is 72.1 Å². The zero-order chi connectivity index (χ0) is 25.4. The molecule has 0 heterocycles. The Balaban J connectivity index is 0.000000712. The average Bonchev–Trinajstić information content (AvgIpc) is 2.87. The van der Waals surface area contributed by atoms with Crippen LogP contribution in [0.5, 0.6) is 5.75 Å². The zero-order valence-corrected chi connectivity index (χ0v) is 21.4. The summed E-state index contributed by atoms with van der Waals surface area (Å²) in [5.41, 5.74) is 1.87. The SMILES string of the molecule is CCCCCCN(/C=C/C=C(C#N)C#N)CCCCCC.COc1ccc(/C=C(\C)C#N)cc1. The van der Waals surface area contributed by atoms with Crippen molar-refractivity contribution in [2.24, 2.45) is 0 Å². The molecule has 0 aliphatic heterocycles. The highest BCUT2D eigenvalue weighted by molar-refractivity contribution is 5.56. The van der Waals surface area contributed by atoms with Crippen molar-refractivity contribution in [3.8, 4) is 24.0 Å². The lowest BCUT2D eigenvalue weighted by atomic mass is 10.1. The number of nitrogens with zero attached hydrogens (tertiary/aromatic N) is 4. The molecule has 0 N–H and O–H groups in total. The Labute approximate surface area is 207 Å². The van der Waals surface area contributed by atoms with Crippen LogP contribution in [0.2, 0.25) is 0 Å². The Kier molecular flexibility index (Phi) is 19.2. The molecule has 0 atom stereocenters. The molecule has 1 rings (SSSR count). The fourth-order valence-corrected chi connectivity index (χ4v) is 3.09. The van der Waals surface area contributed by atoms with Gasteiger partial charge in [-0.3, -0.25) is 0 Å². The van der Waals surface area contributed by atoms with Crippen LogP contribution >= 0.6 is 0 Å². The fraction of sp³-hybridized carbons (Fsp3) is 0.483. The molecule has 0 bridgehead atoms. The molecule has 0 aromatic heterocycles. The Morgan fingerprint density at radius 3 is 1.85 bits per heavy atom. The molecule has 5 nitrogen and oxygen atoms in total. The third-order valence-electron chi connectivity index (χ3n) is 5.07. The normalized spacial score (nSPS) is 10.3. The molecule has 0 unspecified atom stereocenters. The number of nitriles is 3. The topological polar surface area (TPSA) is 83.8 Å². The van der Waals surface area contributed by atoms with E-state index in [4.69, 9.17) is 20.5 Å².